The summed E-state index contributed by atoms with van der Waals surface area (Å²) in [4.78, 5) is 2.30. The Morgan fingerprint density at radius 2 is 2.12 bits per heavy atom. The molecule has 0 amide bonds. The summed E-state index contributed by atoms with van der Waals surface area (Å²) in [7, 11) is 2.13. The summed E-state index contributed by atoms with van der Waals surface area (Å²) >= 11 is 1.90. The lowest BCUT2D eigenvalue weighted by molar-refractivity contribution is 0.669. The van der Waals surface area contributed by atoms with Crippen LogP contribution in [-0.2, 0) is 0 Å². The van der Waals surface area contributed by atoms with Crippen molar-refractivity contribution in [2.75, 3.05) is 29.7 Å². The topological polar surface area (TPSA) is 29.3 Å². The first-order valence-electron chi connectivity index (χ1n) is 5.64. The summed E-state index contributed by atoms with van der Waals surface area (Å²) in [6.07, 6.45) is 3.35. The lowest BCUT2D eigenvalue weighted by atomic mass is 10.1. The van der Waals surface area contributed by atoms with Crippen LogP contribution in [0.3, 0.4) is 0 Å². The van der Waals surface area contributed by atoms with Crippen molar-refractivity contribution >= 4 is 23.1 Å². The van der Waals surface area contributed by atoms with Gasteiger partial charge in [-0.15, -0.1) is 0 Å². The summed E-state index contributed by atoms with van der Waals surface area (Å²) < 4.78 is 0. The molecule has 1 aromatic carbocycles. The summed E-state index contributed by atoms with van der Waals surface area (Å²) in [6.45, 7) is 4.29. The third-order valence-electron chi connectivity index (χ3n) is 3.07. The first kappa shape index (κ1) is 13.2. The lowest BCUT2D eigenvalue weighted by Crippen LogP contribution is -2.29. The largest absolute Gasteiger partial charge is 0.398 e. The summed E-state index contributed by atoms with van der Waals surface area (Å²) in [6, 6.07) is 6.84. The number of nitrogens with zero attached hydrogens (tertiary/aromatic N) is 1. The van der Waals surface area contributed by atoms with Crippen LogP contribution in [0.25, 0.3) is 0 Å². The van der Waals surface area contributed by atoms with Crippen LogP contribution in [0.15, 0.2) is 18.2 Å². The highest BCUT2D eigenvalue weighted by molar-refractivity contribution is 7.98. The van der Waals surface area contributed by atoms with E-state index in [4.69, 9.17) is 5.73 Å². The molecule has 0 aliphatic carbocycles. The fourth-order valence-corrected chi connectivity index (χ4v) is 2.16. The molecule has 0 fully saturated rings. The second-order valence-electron chi connectivity index (χ2n) is 4.28. The van der Waals surface area contributed by atoms with Gasteiger partial charge >= 0.3 is 0 Å². The molecule has 2 nitrogen and oxygen atoms in total. The maximum atomic E-state index is 5.93. The molecule has 0 aliphatic rings. The normalized spacial score (nSPS) is 12.5. The van der Waals surface area contributed by atoms with Crippen LogP contribution < -0.4 is 10.6 Å². The standard InChI is InChI=1S/C13H22N2S/c1-10-5-6-12(9-13(10)14)15(3)11(2)7-8-16-4/h5-6,9,11H,7-8,14H2,1-4H3. The number of nitrogens with two attached hydrogens (primary N) is 1. The Hall–Kier alpha value is -0.830. The van der Waals surface area contributed by atoms with Crippen molar-refractivity contribution in [2.45, 2.75) is 26.3 Å². The Kier molecular flexibility index (Phi) is 5.00. The number of hydrogen-bond acceptors (Lipinski definition) is 3. The summed E-state index contributed by atoms with van der Waals surface area (Å²) in [5.74, 6) is 1.20. The number of rotatable bonds is 5. The molecule has 1 unspecified atom stereocenters. The van der Waals surface area contributed by atoms with E-state index in [2.05, 4.69) is 43.3 Å². The van der Waals surface area contributed by atoms with Crippen molar-refractivity contribution < 1.29 is 0 Å². The van der Waals surface area contributed by atoms with Crippen molar-refractivity contribution in [1.29, 1.82) is 0 Å². The number of benzene rings is 1. The Morgan fingerprint density at radius 3 is 2.69 bits per heavy atom. The number of anilines is 2. The highest BCUT2D eigenvalue weighted by atomic mass is 32.2. The van der Waals surface area contributed by atoms with Crippen LogP contribution in [0.5, 0.6) is 0 Å². The van der Waals surface area contributed by atoms with Gasteiger partial charge in [0.05, 0.1) is 0 Å². The number of hydrogen-bond donors (Lipinski definition) is 1. The van der Waals surface area contributed by atoms with E-state index in [1.807, 2.05) is 18.7 Å². The van der Waals surface area contributed by atoms with Gasteiger partial charge in [0.2, 0.25) is 0 Å². The highest BCUT2D eigenvalue weighted by Crippen LogP contribution is 2.22. The Bertz CT molecular complexity index is 339. The van der Waals surface area contributed by atoms with Crippen LogP contribution in [0.1, 0.15) is 18.9 Å². The monoisotopic (exact) mass is 238 g/mol. The van der Waals surface area contributed by atoms with E-state index in [1.54, 1.807) is 0 Å². The highest BCUT2D eigenvalue weighted by Gasteiger charge is 2.10. The molecule has 1 atom stereocenters. The minimum absolute atomic E-state index is 0.551. The van der Waals surface area contributed by atoms with E-state index < -0.39 is 0 Å². The SMILES string of the molecule is CSCCC(C)N(C)c1ccc(C)c(N)c1. The van der Waals surface area contributed by atoms with Gasteiger partial charge in [-0.25, -0.2) is 0 Å². The quantitative estimate of drug-likeness (QED) is 0.799. The van der Waals surface area contributed by atoms with Crippen LogP contribution in [-0.4, -0.2) is 25.1 Å². The summed E-state index contributed by atoms with van der Waals surface area (Å²) in [5.41, 5.74) is 9.16. The first-order chi connectivity index (χ1) is 7.56. The van der Waals surface area contributed by atoms with Gasteiger partial charge in [-0.3, -0.25) is 0 Å². The Labute approximate surface area is 103 Å². The molecule has 90 valence electrons. The van der Waals surface area contributed by atoms with Crippen molar-refractivity contribution in [3.8, 4) is 0 Å². The average Bonchev–Trinajstić information content (AvgIpc) is 2.28. The van der Waals surface area contributed by atoms with E-state index in [9.17, 15) is 0 Å². The molecule has 3 heteroatoms. The van der Waals surface area contributed by atoms with Crippen LogP contribution in [0, 0.1) is 6.92 Å². The van der Waals surface area contributed by atoms with Gasteiger partial charge in [0, 0.05) is 24.5 Å². The van der Waals surface area contributed by atoms with Gasteiger partial charge in [-0.2, -0.15) is 11.8 Å². The van der Waals surface area contributed by atoms with E-state index in [-0.39, 0.29) is 0 Å². The van der Waals surface area contributed by atoms with Gasteiger partial charge < -0.3 is 10.6 Å². The molecule has 16 heavy (non-hydrogen) atoms. The number of thioether (sulfide) groups is 1. The second-order valence-corrected chi connectivity index (χ2v) is 5.27. The predicted octanol–water partition coefficient (Wildman–Crippen LogP) is 3.16. The van der Waals surface area contributed by atoms with Crippen molar-refractivity contribution in [3.63, 3.8) is 0 Å². The fourth-order valence-electron chi connectivity index (χ4n) is 1.58. The molecule has 0 aliphatic heterocycles. The molecule has 0 aromatic heterocycles. The van der Waals surface area contributed by atoms with Crippen molar-refractivity contribution in [3.05, 3.63) is 23.8 Å². The molecule has 1 aromatic rings. The lowest BCUT2D eigenvalue weighted by Gasteiger charge is -2.27. The summed E-state index contributed by atoms with van der Waals surface area (Å²) in [5, 5.41) is 0. The zero-order chi connectivity index (χ0) is 12.1. The second kappa shape index (κ2) is 6.04. The van der Waals surface area contributed by atoms with Crippen LogP contribution in [0.2, 0.25) is 0 Å². The predicted molar refractivity (Wildman–Crippen MR) is 76.5 cm³/mol. The fraction of sp³-hybridized carbons (Fsp3) is 0.538. The molecule has 0 bridgehead atoms. The van der Waals surface area contributed by atoms with E-state index in [0.29, 0.717) is 6.04 Å². The molecule has 0 spiro atoms. The van der Waals surface area contributed by atoms with Crippen molar-refractivity contribution in [2.24, 2.45) is 0 Å². The number of nitrogen functional groups attached to an aromatic ring is 1. The van der Waals surface area contributed by atoms with E-state index in [0.717, 1.165) is 11.3 Å². The Morgan fingerprint density at radius 1 is 1.44 bits per heavy atom. The van der Waals surface area contributed by atoms with Crippen LogP contribution in [0.4, 0.5) is 11.4 Å². The minimum atomic E-state index is 0.551. The first-order valence-corrected chi connectivity index (χ1v) is 7.03. The van der Waals surface area contributed by atoms with Gasteiger partial charge in [0.15, 0.2) is 0 Å². The third kappa shape index (κ3) is 3.34. The van der Waals surface area contributed by atoms with Gasteiger partial charge in [0.1, 0.15) is 0 Å². The molecule has 0 heterocycles. The molecular weight excluding hydrogens is 216 g/mol. The van der Waals surface area contributed by atoms with Gasteiger partial charge in [-0.05, 0) is 50.0 Å². The molecular formula is C13H22N2S. The molecule has 0 saturated carbocycles. The van der Waals surface area contributed by atoms with E-state index >= 15 is 0 Å². The van der Waals surface area contributed by atoms with E-state index in [1.165, 1.54) is 17.9 Å². The molecule has 2 N–H and O–H groups in total. The van der Waals surface area contributed by atoms with Gasteiger partial charge in [-0.1, -0.05) is 6.07 Å². The zero-order valence-corrected chi connectivity index (χ0v) is 11.5. The molecule has 1 rings (SSSR count). The molecule has 0 saturated heterocycles. The molecule has 0 radical (unpaired) electrons. The van der Waals surface area contributed by atoms with Crippen LogP contribution >= 0.6 is 11.8 Å². The minimum Gasteiger partial charge on any atom is -0.398 e. The number of aryl methyl sites for hydroxylation is 1. The van der Waals surface area contributed by atoms with Crippen molar-refractivity contribution in [1.82, 2.24) is 0 Å². The third-order valence-corrected chi connectivity index (χ3v) is 3.71. The maximum Gasteiger partial charge on any atom is 0.0386 e. The Balaban J connectivity index is 2.71. The smallest absolute Gasteiger partial charge is 0.0386 e. The maximum absolute atomic E-state index is 5.93. The van der Waals surface area contributed by atoms with Gasteiger partial charge in [0.25, 0.3) is 0 Å². The zero-order valence-electron chi connectivity index (χ0n) is 10.7. The average molecular weight is 238 g/mol.